The van der Waals surface area contributed by atoms with Crippen LogP contribution in [0.2, 0.25) is 0 Å². The summed E-state index contributed by atoms with van der Waals surface area (Å²) in [7, 11) is 0. The van der Waals surface area contributed by atoms with Crippen molar-refractivity contribution in [2.24, 2.45) is 17.3 Å². The van der Waals surface area contributed by atoms with E-state index >= 15 is 0 Å². The van der Waals surface area contributed by atoms with E-state index in [1.807, 2.05) is 0 Å². The van der Waals surface area contributed by atoms with Gasteiger partial charge in [-0.15, -0.1) is 0 Å². The fourth-order valence-corrected chi connectivity index (χ4v) is 3.66. The monoisotopic (exact) mass is 193 g/mol. The second kappa shape index (κ2) is 2.98. The Hall–Kier alpha value is -0.0400. The molecule has 80 valence electrons. The zero-order valence-corrected chi connectivity index (χ0v) is 9.55. The quantitative estimate of drug-likeness (QED) is 0.726. The van der Waals surface area contributed by atoms with Crippen LogP contribution in [0.25, 0.3) is 0 Å². The second-order valence-electron chi connectivity index (χ2n) is 6.07. The molecule has 1 nitrogen and oxygen atoms in total. The Labute approximate surface area is 87.7 Å². The Bertz CT molecular complexity index is 237. The van der Waals surface area contributed by atoms with Crippen LogP contribution in [0.1, 0.15) is 52.4 Å². The molecule has 3 aliphatic rings. The Morgan fingerprint density at radius 3 is 2.93 bits per heavy atom. The average Bonchev–Trinajstić information content (AvgIpc) is 3.02. The molecule has 5 unspecified atom stereocenters. The highest BCUT2D eigenvalue weighted by atomic mass is 15.0. The lowest BCUT2D eigenvalue weighted by Gasteiger charge is -2.30. The molecule has 1 heteroatoms. The first-order chi connectivity index (χ1) is 6.74. The Balaban J connectivity index is 1.57. The number of nitrogens with one attached hydrogen (secondary N) is 1. The van der Waals surface area contributed by atoms with Gasteiger partial charge < -0.3 is 5.32 Å². The summed E-state index contributed by atoms with van der Waals surface area (Å²) in [6.45, 7) is 4.84. The van der Waals surface area contributed by atoms with Crippen LogP contribution >= 0.6 is 0 Å². The fourth-order valence-electron chi connectivity index (χ4n) is 3.66. The lowest BCUT2D eigenvalue weighted by Crippen LogP contribution is -2.41. The lowest BCUT2D eigenvalue weighted by atomic mass is 9.85. The van der Waals surface area contributed by atoms with Crippen LogP contribution in [0.5, 0.6) is 0 Å². The van der Waals surface area contributed by atoms with Gasteiger partial charge in [0.05, 0.1) is 0 Å². The molecular formula is C13H23N. The van der Waals surface area contributed by atoms with Crippen molar-refractivity contribution in [2.75, 3.05) is 0 Å². The summed E-state index contributed by atoms with van der Waals surface area (Å²) in [5.74, 6) is 2.09. The standard InChI is InChI=1S/C13H23N/c1-3-9-7-11(9)14-12-6-4-5-10-8-13(10,12)2/h9-12,14H,3-8H2,1-2H3. The molecule has 3 saturated carbocycles. The van der Waals surface area contributed by atoms with Crippen LogP contribution in [0.4, 0.5) is 0 Å². The third kappa shape index (κ3) is 1.32. The summed E-state index contributed by atoms with van der Waals surface area (Å²) >= 11 is 0. The highest BCUT2D eigenvalue weighted by Gasteiger charge is 2.57. The first kappa shape index (κ1) is 9.21. The molecule has 0 heterocycles. The maximum atomic E-state index is 3.93. The minimum Gasteiger partial charge on any atom is -0.310 e. The van der Waals surface area contributed by atoms with Crippen molar-refractivity contribution in [1.29, 1.82) is 0 Å². The number of hydrogen-bond acceptors (Lipinski definition) is 1. The van der Waals surface area contributed by atoms with E-state index in [-0.39, 0.29) is 0 Å². The SMILES string of the molecule is CCC1CC1NC1CCCC2CC21C. The summed E-state index contributed by atoms with van der Waals surface area (Å²) in [6.07, 6.45) is 8.77. The molecule has 0 saturated heterocycles. The Morgan fingerprint density at radius 2 is 2.21 bits per heavy atom. The molecule has 0 aromatic rings. The highest BCUT2D eigenvalue weighted by Crippen LogP contribution is 2.61. The molecule has 1 N–H and O–H groups in total. The molecule has 3 fully saturated rings. The van der Waals surface area contributed by atoms with E-state index in [4.69, 9.17) is 0 Å². The van der Waals surface area contributed by atoms with E-state index in [1.165, 1.54) is 38.5 Å². The number of fused-ring (bicyclic) bond motifs is 1. The first-order valence-corrected chi connectivity index (χ1v) is 6.50. The molecular weight excluding hydrogens is 170 g/mol. The van der Waals surface area contributed by atoms with E-state index < -0.39 is 0 Å². The zero-order valence-electron chi connectivity index (χ0n) is 9.55. The van der Waals surface area contributed by atoms with Crippen molar-refractivity contribution in [3.63, 3.8) is 0 Å². The van der Waals surface area contributed by atoms with Crippen LogP contribution in [0.15, 0.2) is 0 Å². The van der Waals surface area contributed by atoms with Crippen molar-refractivity contribution >= 4 is 0 Å². The average molecular weight is 193 g/mol. The van der Waals surface area contributed by atoms with Gasteiger partial charge in [-0.05, 0) is 42.9 Å². The molecule has 14 heavy (non-hydrogen) atoms. The molecule has 0 aromatic carbocycles. The normalized spacial score (nSPS) is 55.3. The molecule has 0 aromatic heterocycles. The van der Waals surface area contributed by atoms with Gasteiger partial charge in [0.2, 0.25) is 0 Å². The van der Waals surface area contributed by atoms with Gasteiger partial charge in [-0.2, -0.15) is 0 Å². The van der Waals surface area contributed by atoms with E-state index in [2.05, 4.69) is 19.2 Å². The third-order valence-corrected chi connectivity index (χ3v) is 5.16. The van der Waals surface area contributed by atoms with Crippen molar-refractivity contribution in [2.45, 2.75) is 64.5 Å². The smallest absolute Gasteiger partial charge is 0.0126 e. The van der Waals surface area contributed by atoms with Gasteiger partial charge in [0, 0.05) is 12.1 Å². The van der Waals surface area contributed by atoms with Gasteiger partial charge in [0.25, 0.3) is 0 Å². The molecule has 3 aliphatic carbocycles. The van der Waals surface area contributed by atoms with Crippen LogP contribution in [-0.2, 0) is 0 Å². The van der Waals surface area contributed by atoms with E-state index in [1.54, 1.807) is 0 Å². The van der Waals surface area contributed by atoms with Crippen LogP contribution in [-0.4, -0.2) is 12.1 Å². The third-order valence-electron chi connectivity index (χ3n) is 5.16. The van der Waals surface area contributed by atoms with Crippen LogP contribution in [0.3, 0.4) is 0 Å². The largest absolute Gasteiger partial charge is 0.310 e. The van der Waals surface area contributed by atoms with Crippen molar-refractivity contribution in [3.05, 3.63) is 0 Å². The van der Waals surface area contributed by atoms with Crippen molar-refractivity contribution in [1.82, 2.24) is 5.32 Å². The number of hydrogen-bond donors (Lipinski definition) is 1. The topological polar surface area (TPSA) is 12.0 Å². The lowest BCUT2D eigenvalue weighted by molar-refractivity contribution is 0.257. The van der Waals surface area contributed by atoms with E-state index in [9.17, 15) is 0 Å². The maximum absolute atomic E-state index is 3.93. The second-order valence-corrected chi connectivity index (χ2v) is 6.07. The van der Waals surface area contributed by atoms with Crippen molar-refractivity contribution < 1.29 is 0 Å². The first-order valence-electron chi connectivity index (χ1n) is 6.50. The van der Waals surface area contributed by atoms with Gasteiger partial charge in [0.1, 0.15) is 0 Å². The Morgan fingerprint density at radius 1 is 1.36 bits per heavy atom. The van der Waals surface area contributed by atoms with Gasteiger partial charge in [0.15, 0.2) is 0 Å². The minimum atomic E-state index is 0.707. The Kier molecular flexibility index (Phi) is 1.96. The fraction of sp³-hybridized carbons (Fsp3) is 1.00. The summed E-state index contributed by atoms with van der Waals surface area (Å²) in [5, 5.41) is 3.93. The van der Waals surface area contributed by atoms with Gasteiger partial charge in [-0.3, -0.25) is 0 Å². The number of rotatable bonds is 3. The highest BCUT2D eigenvalue weighted by molar-refractivity contribution is 5.10. The zero-order chi connectivity index (χ0) is 9.76. The molecule has 3 rings (SSSR count). The predicted octanol–water partition coefficient (Wildman–Crippen LogP) is 2.95. The van der Waals surface area contributed by atoms with E-state index in [0.717, 1.165) is 23.9 Å². The summed E-state index contributed by atoms with van der Waals surface area (Å²) in [4.78, 5) is 0. The summed E-state index contributed by atoms with van der Waals surface area (Å²) in [5.41, 5.74) is 0.707. The maximum Gasteiger partial charge on any atom is 0.0126 e. The molecule has 0 bridgehead atoms. The van der Waals surface area contributed by atoms with Gasteiger partial charge in [-0.1, -0.05) is 26.7 Å². The summed E-state index contributed by atoms with van der Waals surface area (Å²) < 4.78 is 0. The van der Waals surface area contributed by atoms with Gasteiger partial charge in [-0.25, -0.2) is 0 Å². The molecule has 0 spiro atoms. The predicted molar refractivity (Wildman–Crippen MR) is 59.2 cm³/mol. The van der Waals surface area contributed by atoms with Crippen molar-refractivity contribution in [3.8, 4) is 0 Å². The van der Waals surface area contributed by atoms with Crippen LogP contribution in [0, 0.1) is 17.3 Å². The van der Waals surface area contributed by atoms with Gasteiger partial charge >= 0.3 is 0 Å². The molecule has 0 radical (unpaired) electrons. The van der Waals surface area contributed by atoms with Crippen LogP contribution < -0.4 is 5.32 Å². The molecule has 0 aliphatic heterocycles. The molecule has 5 atom stereocenters. The minimum absolute atomic E-state index is 0.707. The van der Waals surface area contributed by atoms with E-state index in [0.29, 0.717) is 5.41 Å². The molecule has 0 amide bonds. The summed E-state index contributed by atoms with van der Waals surface area (Å²) in [6, 6.07) is 1.75.